The monoisotopic (exact) mass is 352 g/mol. The van der Waals surface area contributed by atoms with E-state index >= 15 is 0 Å². The molecule has 1 atom stereocenters. The van der Waals surface area contributed by atoms with Gasteiger partial charge >= 0.3 is 0 Å². The van der Waals surface area contributed by atoms with Gasteiger partial charge in [0.1, 0.15) is 0 Å². The van der Waals surface area contributed by atoms with Crippen LogP contribution in [0.25, 0.3) is 0 Å². The third-order valence-electron chi connectivity index (χ3n) is 4.02. The lowest BCUT2D eigenvalue weighted by Crippen LogP contribution is -2.33. The number of halogens is 3. The van der Waals surface area contributed by atoms with Crippen LogP contribution in [0.1, 0.15) is 18.5 Å². The number of aryl methyl sites for hydroxylation is 1. The van der Waals surface area contributed by atoms with E-state index in [1.54, 1.807) is 19.1 Å². The van der Waals surface area contributed by atoms with E-state index in [2.05, 4.69) is 10.3 Å². The van der Waals surface area contributed by atoms with Crippen LogP contribution in [0.2, 0.25) is 0 Å². The molecule has 0 spiro atoms. The van der Waals surface area contributed by atoms with Crippen molar-refractivity contribution in [3.05, 3.63) is 47.4 Å². The lowest BCUT2D eigenvalue weighted by molar-refractivity contribution is 0.211. The van der Waals surface area contributed by atoms with Crippen LogP contribution in [0.5, 0.6) is 17.4 Å². The van der Waals surface area contributed by atoms with Gasteiger partial charge < -0.3 is 14.8 Å². The highest BCUT2D eigenvalue weighted by atomic mass is 19.2. The summed E-state index contributed by atoms with van der Waals surface area (Å²) >= 11 is 0. The van der Waals surface area contributed by atoms with Gasteiger partial charge in [-0.05, 0) is 38.4 Å². The molecule has 1 N–H and O–H groups in total. The Bertz CT molecular complexity index is 749. The number of nitrogens with zero attached hydrogens (tertiary/aromatic N) is 1. The van der Waals surface area contributed by atoms with E-state index < -0.39 is 23.2 Å². The molecule has 1 saturated heterocycles. The molecule has 25 heavy (non-hydrogen) atoms. The van der Waals surface area contributed by atoms with Crippen molar-refractivity contribution >= 4 is 0 Å². The molecule has 0 bridgehead atoms. The Labute approximate surface area is 144 Å². The van der Waals surface area contributed by atoms with Crippen LogP contribution < -0.4 is 14.8 Å². The average Bonchev–Trinajstić information content (AvgIpc) is 2.60. The molecule has 0 radical (unpaired) electrons. The highest BCUT2D eigenvalue weighted by Crippen LogP contribution is 2.32. The molecule has 1 aliphatic rings. The fraction of sp³-hybridized carbons (Fsp3) is 0.389. The third kappa shape index (κ3) is 4.42. The third-order valence-corrected chi connectivity index (χ3v) is 4.02. The number of pyridine rings is 1. The van der Waals surface area contributed by atoms with Crippen LogP contribution in [-0.2, 0) is 0 Å². The first-order chi connectivity index (χ1) is 12.0. The lowest BCUT2D eigenvalue weighted by Gasteiger charge is -2.23. The second-order valence-corrected chi connectivity index (χ2v) is 6.08. The summed E-state index contributed by atoms with van der Waals surface area (Å²) in [6, 6.07) is 4.51. The van der Waals surface area contributed by atoms with Crippen molar-refractivity contribution in [3.8, 4) is 17.4 Å². The summed E-state index contributed by atoms with van der Waals surface area (Å²) in [4.78, 5) is 4.18. The molecule has 1 fully saturated rings. The predicted octanol–water partition coefficient (Wildman–Crippen LogP) is 3.98. The molecular weight excluding hydrogens is 333 g/mol. The molecule has 134 valence electrons. The molecule has 3 rings (SSSR count). The molecule has 7 heteroatoms. The molecule has 1 aromatic carbocycles. The highest BCUT2D eigenvalue weighted by molar-refractivity contribution is 5.39. The first-order valence-corrected chi connectivity index (χ1v) is 8.16. The summed E-state index contributed by atoms with van der Waals surface area (Å²) in [5, 5.41) is 3.30. The van der Waals surface area contributed by atoms with Crippen molar-refractivity contribution in [1.29, 1.82) is 0 Å². The van der Waals surface area contributed by atoms with Crippen molar-refractivity contribution in [3.63, 3.8) is 0 Å². The van der Waals surface area contributed by atoms with Crippen LogP contribution in [0.15, 0.2) is 24.3 Å². The number of piperidine rings is 1. The maximum absolute atomic E-state index is 13.8. The predicted molar refractivity (Wildman–Crippen MR) is 86.5 cm³/mol. The SMILES string of the molecule is Cc1ccc(OCC2CCCNC2)c(Oc2cc(F)c(F)cc2F)n1. The smallest absolute Gasteiger partial charge is 0.262 e. The number of rotatable bonds is 5. The second kappa shape index (κ2) is 7.74. The maximum atomic E-state index is 13.8. The van der Waals surface area contributed by atoms with Crippen LogP contribution >= 0.6 is 0 Å². The molecule has 4 nitrogen and oxygen atoms in total. The van der Waals surface area contributed by atoms with Crippen molar-refractivity contribution in [2.24, 2.45) is 5.92 Å². The number of nitrogens with one attached hydrogen (secondary N) is 1. The van der Waals surface area contributed by atoms with E-state index in [1.807, 2.05) is 0 Å². The fourth-order valence-electron chi connectivity index (χ4n) is 2.66. The minimum Gasteiger partial charge on any atom is -0.488 e. The minimum absolute atomic E-state index is 0.0219. The van der Waals surface area contributed by atoms with Crippen LogP contribution in [0.3, 0.4) is 0 Å². The maximum Gasteiger partial charge on any atom is 0.262 e. The zero-order valence-electron chi connectivity index (χ0n) is 13.8. The number of benzene rings is 1. The van der Waals surface area contributed by atoms with Gasteiger partial charge in [-0.25, -0.2) is 18.2 Å². The van der Waals surface area contributed by atoms with E-state index in [9.17, 15) is 13.2 Å². The zero-order chi connectivity index (χ0) is 17.8. The molecule has 1 unspecified atom stereocenters. The number of hydrogen-bond acceptors (Lipinski definition) is 4. The van der Waals surface area contributed by atoms with Crippen LogP contribution in [0, 0.1) is 30.3 Å². The zero-order valence-corrected chi connectivity index (χ0v) is 13.8. The summed E-state index contributed by atoms with van der Waals surface area (Å²) in [5.74, 6) is -3.20. The summed E-state index contributed by atoms with van der Waals surface area (Å²) in [7, 11) is 0. The van der Waals surface area contributed by atoms with Gasteiger partial charge in [0.15, 0.2) is 29.0 Å². The summed E-state index contributed by atoms with van der Waals surface area (Å²) < 4.78 is 51.4. The molecule has 1 aromatic heterocycles. The first kappa shape index (κ1) is 17.5. The largest absolute Gasteiger partial charge is 0.488 e. The van der Waals surface area contributed by atoms with Gasteiger partial charge in [0.05, 0.1) is 6.61 Å². The van der Waals surface area contributed by atoms with Gasteiger partial charge in [-0.15, -0.1) is 0 Å². The molecule has 1 aliphatic heterocycles. The Morgan fingerprint density at radius 3 is 2.68 bits per heavy atom. The summed E-state index contributed by atoms with van der Waals surface area (Å²) in [6.07, 6.45) is 2.14. The number of ether oxygens (including phenoxy) is 2. The van der Waals surface area contributed by atoms with E-state index in [-0.39, 0.29) is 5.88 Å². The Hall–Kier alpha value is -2.28. The number of hydrogen-bond donors (Lipinski definition) is 1. The quantitative estimate of drug-likeness (QED) is 0.827. The molecule has 2 aromatic rings. The highest BCUT2D eigenvalue weighted by Gasteiger charge is 2.18. The normalized spacial score (nSPS) is 17.4. The van der Waals surface area contributed by atoms with E-state index in [0.717, 1.165) is 25.9 Å². The van der Waals surface area contributed by atoms with Crippen LogP contribution in [0.4, 0.5) is 13.2 Å². The Morgan fingerprint density at radius 2 is 1.92 bits per heavy atom. The van der Waals surface area contributed by atoms with Gasteiger partial charge in [-0.3, -0.25) is 0 Å². The summed E-state index contributed by atoms with van der Waals surface area (Å²) in [6.45, 7) is 4.08. The van der Waals surface area contributed by atoms with Gasteiger partial charge in [0, 0.05) is 30.3 Å². The summed E-state index contributed by atoms with van der Waals surface area (Å²) in [5.41, 5.74) is 0.629. The van der Waals surface area contributed by atoms with Gasteiger partial charge in [0.25, 0.3) is 5.88 Å². The van der Waals surface area contributed by atoms with Crippen molar-refractivity contribution < 1.29 is 22.6 Å². The van der Waals surface area contributed by atoms with Gasteiger partial charge in [-0.1, -0.05) is 0 Å². The number of aromatic nitrogens is 1. The fourth-order valence-corrected chi connectivity index (χ4v) is 2.66. The van der Waals surface area contributed by atoms with E-state index in [4.69, 9.17) is 9.47 Å². The second-order valence-electron chi connectivity index (χ2n) is 6.08. The topological polar surface area (TPSA) is 43.4 Å². The lowest BCUT2D eigenvalue weighted by atomic mass is 10.0. The van der Waals surface area contributed by atoms with Crippen molar-refractivity contribution in [2.75, 3.05) is 19.7 Å². The molecule has 0 amide bonds. The Morgan fingerprint density at radius 1 is 1.12 bits per heavy atom. The van der Waals surface area contributed by atoms with Gasteiger partial charge in [-0.2, -0.15) is 0 Å². The molecule has 2 heterocycles. The molecule has 0 saturated carbocycles. The van der Waals surface area contributed by atoms with Gasteiger partial charge in [0.2, 0.25) is 0 Å². The average molecular weight is 352 g/mol. The minimum atomic E-state index is -1.27. The van der Waals surface area contributed by atoms with E-state index in [1.165, 1.54) is 0 Å². The molecular formula is C18H19F3N2O2. The van der Waals surface area contributed by atoms with Crippen LogP contribution in [-0.4, -0.2) is 24.7 Å². The van der Waals surface area contributed by atoms with E-state index in [0.29, 0.717) is 36.1 Å². The molecule has 0 aliphatic carbocycles. The van der Waals surface area contributed by atoms with Crippen molar-refractivity contribution in [2.45, 2.75) is 19.8 Å². The first-order valence-electron chi connectivity index (χ1n) is 8.16. The Kier molecular flexibility index (Phi) is 5.43. The Balaban J connectivity index is 1.78. The standard InChI is InChI=1S/C18H19F3N2O2/c1-11-4-5-16(24-10-12-3-2-6-22-9-12)18(23-11)25-17-8-14(20)13(19)7-15(17)21/h4-5,7-8,12,22H,2-3,6,9-10H2,1H3. The van der Waals surface area contributed by atoms with Crippen molar-refractivity contribution in [1.82, 2.24) is 10.3 Å².